The maximum Gasteiger partial charge on any atom is 0.0782 e. The smallest absolute Gasteiger partial charge is 0.0782 e. The number of pyridine rings is 1. The summed E-state index contributed by atoms with van der Waals surface area (Å²) in [5.74, 6) is 0. The predicted molar refractivity (Wildman–Crippen MR) is 45.0 cm³/mol. The second-order valence-electron chi connectivity index (χ2n) is 2.38. The molecule has 0 saturated heterocycles. The number of rotatable bonds is 2. The topological polar surface area (TPSA) is 33.1 Å². The Balaban J connectivity index is 3.12. The first-order valence-electron chi connectivity index (χ1n) is 3.50. The lowest BCUT2D eigenvalue weighted by molar-refractivity contribution is 0.198. The van der Waals surface area contributed by atoms with E-state index in [9.17, 15) is 5.11 Å². The Hall–Kier alpha value is -1.15. The van der Waals surface area contributed by atoms with Crippen LogP contribution in [0, 0.1) is 0 Å². The number of hydrogen-bond donors (Lipinski definition) is 1. The largest absolute Gasteiger partial charge is 0.389 e. The van der Waals surface area contributed by atoms with E-state index in [1.807, 2.05) is 6.07 Å². The third-order valence-electron chi connectivity index (χ3n) is 1.56. The zero-order chi connectivity index (χ0) is 8.27. The van der Waals surface area contributed by atoms with E-state index in [0.717, 1.165) is 11.1 Å². The zero-order valence-electron chi connectivity index (χ0n) is 6.49. The summed E-state index contributed by atoms with van der Waals surface area (Å²) < 4.78 is 0. The molecule has 11 heavy (non-hydrogen) atoms. The van der Waals surface area contributed by atoms with Crippen LogP contribution in [-0.2, 0) is 0 Å². The zero-order valence-corrected chi connectivity index (χ0v) is 6.49. The lowest BCUT2D eigenvalue weighted by atomic mass is 10.1. The molecule has 1 N–H and O–H groups in total. The SMILES string of the molecule is C=Cc1ccncc1[C@H](C)O. The lowest BCUT2D eigenvalue weighted by Gasteiger charge is -2.06. The van der Waals surface area contributed by atoms with Crippen LogP contribution in [0.3, 0.4) is 0 Å². The van der Waals surface area contributed by atoms with Crippen LogP contribution >= 0.6 is 0 Å². The molecule has 0 aromatic carbocycles. The molecule has 0 aliphatic heterocycles. The summed E-state index contributed by atoms with van der Waals surface area (Å²) in [4.78, 5) is 3.91. The predicted octanol–water partition coefficient (Wildman–Crippen LogP) is 1.78. The minimum atomic E-state index is -0.475. The van der Waals surface area contributed by atoms with Gasteiger partial charge in [0.2, 0.25) is 0 Å². The molecule has 0 radical (unpaired) electrons. The van der Waals surface area contributed by atoms with Crippen molar-refractivity contribution in [1.82, 2.24) is 4.98 Å². The Morgan fingerprint density at radius 2 is 2.45 bits per heavy atom. The molecule has 1 heterocycles. The molecule has 0 bridgehead atoms. The molecule has 0 amide bonds. The first kappa shape index (κ1) is 7.95. The normalized spacial score (nSPS) is 12.5. The molecule has 58 valence electrons. The van der Waals surface area contributed by atoms with E-state index in [1.54, 1.807) is 25.4 Å². The Morgan fingerprint density at radius 1 is 1.73 bits per heavy atom. The van der Waals surface area contributed by atoms with Gasteiger partial charge in [-0.15, -0.1) is 0 Å². The van der Waals surface area contributed by atoms with Gasteiger partial charge in [0, 0.05) is 18.0 Å². The lowest BCUT2D eigenvalue weighted by Crippen LogP contribution is -1.94. The molecule has 0 aliphatic carbocycles. The summed E-state index contributed by atoms with van der Waals surface area (Å²) >= 11 is 0. The van der Waals surface area contributed by atoms with Crippen LogP contribution in [0.1, 0.15) is 24.2 Å². The van der Waals surface area contributed by atoms with Crippen molar-refractivity contribution in [3.05, 3.63) is 36.2 Å². The minimum absolute atomic E-state index is 0.475. The fourth-order valence-electron chi connectivity index (χ4n) is 0.952. The fourth-order valence-corrected chi connectivity index (χ4v) is 0.952. The van der Waals surface area contributed by atoms with Crippen molar-refractivity contribution < 1.29 is 5.11 Å². The number of nitrogens with zero attached hydrogens (tertiary/aromatic N) is 1. The highest BCUT2D eigenvalue weighted by atomic mass is 16.3. The van der Waals surface area contributed by atoms with Gasteiger partial charge in [0.25, 0.3) is 0 Å². The summed E-state index contributed by atoms with van der Waals surface area (Å²) in [6.45, 7) is 5.35. The van der Waals surface area contributed by atoms with Crippen molar-refractivity contribution in [1.29, 1.82) is 0 Å². The molecule has 1 aromatic rings. The van der Waals surface area contributed by atoms with Gasteiger partial charge in [0.1, 0.15) is 0 Å². The summed E-state index contributed by atoms with van der Waals surface area (Å²) in [6.07, 6.45) is 4.57. The van der Waals surface area contributed by atoms with E-state index in [0.29, 0.717) is 0 Å². The van der Waals surface area contributed by atoms with Gasteiger partial charge in [0.05, 0.1) is 6.10 Å². The molecule has 2 heteroatoms. The van der Waals surface area contributed by atoms with Gasteiger partial charge < -0.3 is 5.11 Å². The van der Waals surface area contributed by atoms with Crippen LogP contribution in [0.15, 0.2) is 25.0 Å². The van der Waals surface area contributed by atoms with Crippen molar-refractivity contribution in [3.63, 3.8) is 0 Å². The van der Waals surface area contributed by atoms with Gasteiger partial charge in [-0.3, -0.25) is 4.98 Å². The Labute approximate surface area is 66.2 Å². The molecule has 0 unspecified atom stereocenters. The van der Waals surface area contributed by atoms with Crippen molar-refractivity contribution in [3.8, 4) is 0 Å². The number of aliphatic hydroxyl groups is 1. The molecule has 0 saturated carbocycles. The van der Waals surface area contributed by atoms with Crippen LogP contribution in [0.5, 0.6) is 0 Å². The summed E-state index contributed by atoms with van der Waals surface area (Å²) in [7, 11) is 0. The third-order valence-corrected chi connectivity index (χ3v) is 1.56. The second-order valence-corrected chi connectivity index (χ2v) is 2.38. The van der Waals surface area contributed by atoms with Crippen LogP contribution in [0.2, 0.25) is 0 Å². The van der Waals surface area contributed by atoms with Crippen LogP contribution in [-0.4, -0.2) is 10.1 Å². The quantitative estimate of drug-likeness (QED) is 0.695. The third kappa shape index (κ3) is 1.65. The fraction of sp³-hybridized carbons (Fsp3) is 0.222. The highest BCUT2D eigenvalue weighted by Gasteiger charge is 2.03. The average molecular weight is 149 g/mol. The molecule has 2 nitrogen and oxygen atoms in total. The van der Waals surface area contributed by atoms with Crippen LogP contribution in [0.4, 0.5) is 0 Å². The standard InChI is InChI=1S/C9H11NO/c1-3-8-4-5-10-6-9(8)7(2)11/h3-7,11H,1H2,2H3/t7-/m0/s1. The van der Waals surface area contributed by atoms with Gasteiger partial charge in [-0.05, 0) is 18.6 Å². The van der Waals surface area contributed by atoms with E-state index in [-0.39, 0.29) is 0 Å². The van der Waals surface area contributed by atoms with E-state index in [1.165, 1.54) is 0 Å². The summed E-state index contributed by atoms with van der Waals surface area (Å²) in [5, 5.41) is 9.25. The van der Waals surface area contributed by atoms with Gasteiger partial charge >= 0.3 is 0 Å². The molecule has 0 fully saturated rings. The molecular weight excluding hydrogens is 138 g/mol. The number of hydrogen-bond acceptors (Lipinski definition) is 2. The Kier molecular flexibility index (Phi) is 2.39. The van der Waals surface area contributed by atoms with E-state index < -0.39 is 6.10 Å². The Bertz CT molecular complexity index is 255. The molecular formula is C9H11NO. The van der Waals surface area contributed by atoms with E-state index in [4.69, 9.17) is 0 Å². The van der Waals surface area contributed by atoms with Crippen molar-refractivity contribution in [2.24, 2.45) is 0 Å². The van der Waals surface area contributed by atoms with Gasteiger partial charge in [-0.1, -0.05) is 12.7 Å². The van der Waals surface area contributed by atoms with Crippen LogP contribution in [0.25, 0.3) is 6.08 Å². The van der Waals surface area contributed by atoms with Crippen LogP contribution < -0.4 is 0 Å². The van der Waals surface area contributed by atoms with Crippen molar-refractivity contribution in [2.75, 3.05) is 0 Å². The maximum absolute atomic E-state index is 9.25. The average Bonchev–Trinajstić information content (AvgIpc) is 2.04. The van der Waals surface area contributed by atoms with E-state index >= 15 is 0 Å². The molecule has 1 aromatic heterocycles. The first-order chi connectivity index (χ1) is 5.25. The molecule has 0 spiro atoms. The van der Waals surface area contributed by atoms with Gasteiger partial charge in [-0.2, -0.15) is 0 Å². The molecule has 0 aliphatic rings. The molecule has 1 rings (SSSR count). The summed E-state index contributed by atoms with van der Waals surface area (Å²) in [6, 6.07) is 1.83. The van der Waals surface area contributed by atoms with Crippen molar-refractivity contribution in [2.45, 2.75) is 13.0 Å². The second kappa shape index (κ2) is 3.30. The monoisotopic (exact) mass is 149 g/mol. The van der Waals surface area contributed by atoms with Gasteiger partial charge in [-0.25, -0.2) is 0 Å². The Morgan fingerprint density at radius 3 is 2.91 bits per heavy atom. The molecule has 1 atom stereocenters. The highest BCUT2D eigenvalue weighted by molar-refractivity contribution is 5.51. The minimum Gasteiger partial charge on any atom is -0.389 e. The number of aromatic nitrogens is 1. The highest BCUT2D eigenvalue weighted by Crippen LogP contribution is 2.16. The first-order valence-corrected chi connectivity index (χ1v) is 3.50. The number of aliphatic hydroxyl groups excluding tert-OH is 1. The summed E-state index contributed by atoms with van der Waals surface area (Å²) in [5.41, 5.74) is 1.76. The van der Waals surface area contributed by atoms with Gasteiger partial charge in [0.15, 0.2) is 0 Å². The maximum atomic E-state index is 9.25. The van der Waals surface area contributed by atoms with E-state index in [2.05, 4.69) is 11.6 Å². The van der Waals surface area contributed by atoms with Crippen molar-refractivity contribution >= 4 is 6.08 Å².